The molecule has 0 bridgehead atoms. The van der Waals surface area contributed by atoms with Crippen LogP contribution in [-0.2, 0) is 6.42 Å². The number of fused-ring (bicyclic) bond motifs is 3. The maximum atomic E-state index is 5.61. The van der Waals surface area contributed by atoms with Crippen molar-refractivity contribution in [2.24, 2.45) is 22.7 Å². The van der Waals surface area contributed by atoms with E-state index in [4.69, 9.17) is 27.4 Å². The molecule has 2 heterocycles. The van der Waals surface area contributed by atoms with Gasteiger partial charge in [-0.1, -0.05) is 13.8 Å². The van der Waals surface area contributed by atoms with E-state index in [9.17, 15) is 0 Å². The van der Waals surface area contributed by atoms with Crippen molar-refractivity contribution >= 4 is 23.0 Å². The summed E-state index contributed by atoms with van der Waals surface area (Å²) in [4.78, 5) is 2.58. The van der Waals surface area contributed by atoms with Crippen molar-refractivity contribution < 1.29 is 9.47 Å². The summed E-state index contributed by atoms with van der Waals surface area (Å²) >= 11 is 4.95. The van der Waals surface area contributed by atoms with Gasteiger partial charge in [-0.25, -0.2) is 0 Å². The van der Waals surface area contributed by atoms with Crippen molar-refractivity contribution in [1.82, 2.24) is 10.3 Å². The molecule has 2 aliphatic heterocycles. The van der Waals surface area contributed by atoms with Crippen LogP contribution in [0.4, 0.5) is 0 Å². The van der Waals surface area contributed by atoms with Gasteiger partial charge in [-0.2, -0.15) is 5.10 Å². The third kappa shape index (κ3) is 4.35. The molecule has 0 unspecified atom stereocenters. The molecule has 27 heavy (non-hydrogen) atoms. The summed E-state index contributed by atoms with van der Waals surface area (Å²) in [5.41, 5.74) is 12.2. The average molecular weight is 391 g/mol. The number of methoxy groups -OCH3 is 2. The molecule has 0 amide bonds. The number of rotatable bonds is 5. The highest BCUT2D eigenvalue weighted by molar-refractivity contribution is 7.80. The van der Waals surface area contributed by atoms with Gasteiger partial charge in [0.25, 0.3) is 0 Å². The Balaban J connectivity index is 1.93. The fraction of sp³-hybridized carbons (Fsp3) is 0.600. The zero-order valence-electron chi connectivity index (χ0n) is 16.6. The van der Waals surface area contributed by atoms with E-state index in [2.05, 4.69) is 41.4 Å². The standard InChI is InChI=1S/C20H30N4O2S/c1-12(2)7-14-11-24-6-5-13-8-18(25-3)19(26-4)9-15(13)17(24)10-16(14)22-23-20(21)27/h8-9,12,14,17H,5-7,10-11H2,1-4H3,(H3,21,23,27)/b22-16+/t14-,17+/m0/s1. The third-order valence-corrected chi connectivity index (χ3v) is 5.60. The summed E-state index contributed by atoms with van der Waals surface area (Å²) in [7, 11) is 3.37. The summed E-state index contributed by atoms with van der Waals surface area (Å²) < 4.78 is 11.0. The Morgan fingerprint density at radius 1 is 1.33 bits per heavy atom. The number of benzene rings is 1. The number of thiocarbonyl (C=S) groups is 1. The van der Waals surface area contributed by atoms with Crippen molar-refractivity contribution in [3.63, 3.8) is 0 Å². The maximum Gasteiger partial charge on any atom is 0.184 e. The number of ether oxygens (including phenoxy) is 2. The number of nitrogens with two attached hydrogens (primary N) is 1. The van der Waals surface area contributed by atoms with Crippen LogP contribution in [0.25, 0.3) is 0 Å². The second-order valence-electron chi connectivity index (χ2n) is 7.78. The second kappa shape index (κ2) is 8.44. The molecule has 0 saturated carbocycles. The van der Waals surface area contributed by atoms with Crippen molar-refractivity contribution in [2.45, 2.75) is 39.2 Å². The molecule has 0 aromatic heterocycles. The summed E-state index contributed by atoms with van der Waals surface area (Å²) in [6.45, 7) is 6.58. The first-order valence-corrected chi connectivity index (χ1v) is 9.94. The SMILES string of the molecule is COc1cc2c(cc1OC)[C@H]1C/C(=N\NC(N)=S)[C@@H](CC(C)C)CN1CC2. The van der Waals surface area contributed by atoms with Crippen LogP contribution in [0.5, 0.6) is 11.5 Å². The zero-order chi connectivity index (χ0) is 19.6. The molecule has 2 aliphatic rings. The number of nitrogens with zero attached hydrogens (tertiary/aromatic N) is 2. The largest absolute Gasteiger partial charge is 0.493 e. The van der Waals surface area contributed by atoms with E-state index in [1.807, 2.05) is 0 Å². The van der Waals surface area contributed by atoms with Crippen LogP contribution in [0.15, 0.2) is 17.2 Å². The van der Waals surface area contributed by atoms with Crippen molar-refractivity contribution in [3.05, 3.63) is 23.3 Å². The van der Waals surface area contributed by atoms with E-state index in [1.54, 1.807) is 14.2 Å². The van der Waals surface area contributed by atoms with Gasteiger partial charge >= 0.3 is 0 Å². The van der Waals surface area contributed by atoms with Crippen molar-refractivity contribution in [2.75, 3.05) is 27.3 Å². The van der Waals surface area contributed by atoms with E-state index in [0.717, 1.165) is 49.6 Å². The van der Waals surface area contributed by atoms with Gasteiger partial charge in [-0.05, 0) is 54.2 Å². The Bertz CT molecular complexity index is 735. The third-order valence-electron chi connectivity index (χ3n) is 5.51. The van der Waals surface area contributed by atoms with Gasteiger partial charge in [0.1, 0.15) is 0 Å². The normalized spacial score (nSPS) is 23.7. The molecular formula is C20H30N4O2S. The Morgan fingerprint density at radius 3 is 2.67 bits per heavy atom. The van der Waals surface area contributed by atoms with Gasteiger partial charge in [0.2, 0.25) is 0 Å². The molecule has 7 heteroatoms. The highest BCUT2D eigenvalue weighted by atomic mass is 32.1. The van der Waals surface area contributed by atoms with Crippen LogP contribution in [0.3, 0.4) is 0 Å². The van der Waals surface area contributed by atoms with Gasteiger partial charge in [-0.3, -0.25) is 10.3 Å². The van der Waals surface area contributed by atoms with Crippen LogP contribution < -0.4 is 20.6 Å². The highest BCUT2D eigenvalue weighted by Gasteiger charge is 2.37. The molecule has 2 atom stereocenters. The van der Waals surface area contributed by atoms with E-state index in [0.29, 0.717) is 17.9 Å². The van der Waals surface area contributed by atoms with E-state index >= 15 is 0 Å². The monoisotopic (exact) mass is 390 g/mol. The minimum absolute atomic E-state index is 0.212. The number of piperidine rings is 1. The van der Waals surface area contributed by atoms with Gasteiger partial charge in [-0.15, -0.1) is 0 Å². The van der Waals surface area contributed by atoms with Crippen LogP contribution >= 0.6 is 12.2 Å². The predicted octanol–water partition coefficient (Wildman–Crippen LogP) is 2.86. The Labute approximate surface area is 167 Å². The van der Waals surface area contributed by atoms with Gasteiger partial charge in [0, 0.05) is 37.2 Å². The summed E-state index contributed by atoms with van der Waals surface area (Å²) in [6.07, 6.45) is 3.01. The minimum atomic E-state index is 0.212. The summed E-state index contributed by atoms with van der Waals surface area (Å²) in [5.74, 6) is 2.61. The summed E-state index contributed by atoms with van der Waals surface area (Å²) in [5, 5.41) is 4.79. The van der Waals surface area contributed by atoms with Crippen molar-refractivity contribution in [3.8, 4) is 11.5 Å². The molecule has 0 aliphatic carbocycles. The lowest BCUT2D eigenvalue weighted by atomic mass is 9.79. The zero-order valence-corrected chi connectivity index (χ0v) is 17.4. The molecule has 6 nitrogen and oxygen atoms in total. The molecule has 0 spiro atoms. The lowest BCUT2D eigenvalue weighted by molar-refractivity contribution is 0.147. The Morgan fingerprint density at radius 2 is 2.04 bits per heavy atom. The smallest absolute Gasteiger partial charge is 0.184 e. The quantitative estimate of drug-likeness (QED) is 0.595. The molecule has 1 aromatic carbocycles. The van der Waals surface area contributed by atoms with Crippen LogP contribution in [-0.4, -0.2) is 43.0 Å². The molecule has 3 N–H and O–H groups in total. The molecule has 1 aromatic rings. The van der Waals surface area contributed by atoms with Crippen LogP contribution in [0, 0.1) is 11.8 Å². The summed E-state index contributed by atoms with van der Waals surface area (Å²) in [6, 6.07) is 4.55. The van der Waals surface area contributed by atoms with Gasteiger partial charge < -0.3 is 15.2 Å². The predicted molar refractivity (Wildman–Crippen MR) is 112 cm³/mol. The lowest BCUT2D eigenvalue weighted by Crippen LogP contribution is -2.47. The number of hydrazone groups is 1. The topological polar surface area (TPSA) is 72.1 Å². The van der Waals surface area contributed by atoms with Gasteiger partial charge in [0.15, 0.2) is 16.6 Å². The van der Waals surface area contributed by atoms with E-state index < -0.39 is 0 Å². The molecular weight excluding hydrogens is 360 g/mol. The first-order chi connectivity index (χ1) is 12.9. The molecule has 1 saturated heterocycles. The fourth-order valence-corrected chi connectivity index (χ4v) is 4.38. The Kier molecular flexibility index (Phi) is 6.22. The minimum Gasteiger partial charge on any atom is -0.493 e. The lowest BCUT2D eigenvalue weighted by Gasteiger charge is -2.44. The van der Waals surface area contributed by atoms with Crippen LogP contribution in [0.1, 0.15) is 43.9 Å². The maximum absolute atomic E-state index is 5.61. The Hall–Kier alpha value is -1.86. The first-order valence-electron chi connectivity index (χ1n) is 9.53. The first kappa shape index (κ1) is 19.9. The number of hydrogen-bond donors (Lipinski definition) is 2. The van der Waals surface area contributed by atoms with Gasteiger partial charge in [0.05, 0.1) is 14.2 Å². The molecule has 1 fully saturated rings. The van der Waals surface area contributed by atoms with E-state index in [1.165, 1.54) is 11.1 Å². The van der Waals surface area contributed by atoms with E-state index in [-0.39, 0.29) is 5.11 Å². The average Bonchev–Trinajstić information content (AvgIpc) is 2.64. The number of hydrogen-bond acceptors (Lipinski definition) is 5. The highest BCUT2D eigenvalue weighted by Crippen LogP contribution is 2.42. The van der Waals surface area contributed by atoms with Crippen molar-refractivity contribution in [1.29, 1.82) is 0 Å². The fourth-order valence-electron chi connectivity index (χ4n) is 4.33. The number of nitrogens with one attached hydrogen (secondary N) is 1. The molecule has 148 valence electrons. The molecule has 3 rings (SSSR count). The molecule has 0 radical (unpaired) electrons. The van der Waals surface area contributed by atoms with Crippen LogP contribution in [0.2, 0.25) is 0 Å². The second-order valence-corrected chi connectivity index (χ2v) is 8.22.